The molecule has 0 radical (unpaired) electrons. The van der Waals surface area contributed by atoms with Crippen LogP contribution in [0.4, 0.5) is 0 Å². The summed E-state index contributed by atoms with van der Waals surface area (Å²) in [5.41, 5.74) is 7.97. The van der Waals surface area contributed by atoms with Crippen molar-refractivity contribution in [3.05, 3.63) is 11.9 Å². The third-order valence-corrected chi connectivity index (χ3v) is 4.59. The smallest absolute Gasteiger partial charge is 0.161 e. The van der Waals surface area contributed by atoms with Crippen molar-refractivity contribution >= 4 is 0 Å². The van der Waals surface area contributed by atoms with Crippen molar-refractivity contribution in [3.63, 3.8) is 0 Å². The molecule has 1 heterocycles. The molecule has 2 atom stereocenters. The molecule has 1 fully saturated rings. The van der Waals surface area contributed by atoms with E-state index in [1.165, 1.54) is 19.3 Å². The normalized spacial score (nSPS) is 23.5. The minimum absolute atomic E-state index is 0.0153. The summed E-state index contributed by atoms with van der Waals surface area (Å²) in [4.78, 5) is 0. The van der Waals surface area contributed by atoms with Gasteiger partial charge in [0.2, 0.25) is 0 Å². The molecule has 0 spiro atoms. The quantitative estimate of drug-likeness (QED) is 0.890. The average molecular weight is 265 g/mol. The first-order valence-corrected chi connectivity index (χ1v) is 7.36. The van der Waals surface area contributed by atoms with Crippen LogP contribution in [0, 0.1) is 11.3 Å². The third kappa shape index (κ3) is 2.64. The van der Waals surface area contributed by atoms with Gasteiger partial charge in [-0.1, -0.05) is 27.2 Å². The van der Waals surface area contributed by atoms with Gasteiger partial charge >= 0.3 is 0 Å². The Morgan fingerprint density at radius 3 is 2.84 bits per heavy atom. The number of hydrogen-bond donors (Lipinski definition) is 1. The van der Waals surface area contributed by atoms with Crippen molar-refractivity contribution in [2.75, 3.05) is 7.11 Å². The topological polar surface area (TPSA) is 53.1 Å². The Hall–Kier alpha value is -1.03. The van der Waals surface area contributed by atoms with Crippen LogP contribution in [0.2, 0.25) is 0 Å². The molecule has 2 unspecified atom stereocenters. The van der Waals surface area contributed by atoms with Crippen LogP contribution >= 0.6 is 0 Å². The minimum atomic E-state index is 0.0153. The molecule has 1 aliphatic carbocycles. The molecular weight excluding hydrogens is 238 g/mol. The molecule has 4 nitrogen and oxygen atoms in total. The number of nitrogens with two attached hydrogens (primary N) is 1. The molecule has 1 aromatic rings. The highest BCUT2D eigenvalue weighted by molar-refractivity contribution is 5.29. The monoisotopic (exact) mass is 265 g/mol. The average Bonchev–Trinajstić information content (AvgIpc) is 2.92. The highest BCUT2D eigenvalue weighted by atomic mass is 16.5. The lowest BCUT2D eigenvalue weighted by Gasteiger charge is -2.32. The summed E-state index contributed by atoms with van der Waals surface area (Å²) < 4.78 is 7.48. The Bertz CT molecular complexity index is 425. The molecule has 1 aromatic heterocycles. The first-order chi connectivity index (χ1) is 9.01. The van der Waals surface area contributed by atoms with Gasteiger partial charge in [-0.05, 0) is 30.6 Å². The number of ether oxygens (including phenoxy) is 1. The fourth-order valence-electron chi connectivity index (χ4n) is 3.47. The van der Waals surface area contributed by atoms with E-state index in [9.17, 15) is 0 Å². The number of nitrogens with zero attached hydrogens (tertiary/aromatic N) is 2. The Morgan fingerprint density at radius 1 is 1.58 bits per heavy atom. The molecular formula is C15H27N3O. The number of hydrogen-bond acceptors (Lipinski definition) is 3. The largest absolute Gasteiger partial charge is 0.493 e. The van der Waals surface area contributed by atoms with Gasteiger partial charge < -0.3 is 10.5 Å². The van der Waals surface area contributed by atoms with Crippen LogP contribution in [0.3, 0.4) is 0 Å². The van der Waals surface area contributed by atoms with Gasteiger partial charge in [-0.15, -0.1) is 0 Å². The molecule has 0 aliphatic heterocycles. The lowest BCUT2D eigenvalue weighted by molar-refractivity contribution is 0.213. The molecule has 0 bridgehead atoms. The second kappa shape index (κ2) is 5.53. The second-order valence-corrected chi connectivity index (χ2v) is 6.33. The minimum Gasteiger partial charge on any atom is -0.493 e. The summed E-state index contributed by atoms with van der Waals surface area (Å²) in [5.74, 6) is 1.34. The number of rotatable bonds is 5. The van der Waals surface area contributed by atoms with Gasteiger partial charge in [-0.3, -0.25) is 4.68 Å². The molecule has 2 N–H and O–H groups in total. The van der Waals surface area contributed by atoms with Gasteiger partial charge in [-0.25, -0.2) is 0 Å². The third-order valence-electron chi connectivity index (χ3n) is 4.59. The summed E-state index contributed by atoms with van der Waals surface area (Å²) >= 11 is 0. The summed E-state index contributed by atoms with van der Waals surface area (Å²) in [5, 5.41) is 4.43. The molecule has 0 aromatic carbocycles. The summed E-state index contributed by atoms with van der Waals surface area (Å²) in [6.07, 6.45) is 6.59. The van der Waals surface area contributed by atoms with Crippen LogP contribution in [-0.2, 0) is 6.54 Å². The van der Waals surface area contributed by atoms with Crippen molar-refractivity contribution in [1.82, 2.24) is 9.78 Å². The molecule has 0 amide bonds. The van der Waals surface area contributed by atoms with Gasteiger partial charge in [0.05, 0.1) is 25.0 Å². The molecule has 1 aliphatic rings. The predicted octanol–water partition coefficient (Wildman–Crippen LogP) is 3.13. The zero-order valence-electron chi connectivity index (χ0n) is 12.6. The lowest BCUT2D eigenvalue weighted by Crippen LogP contribution is -2.31. The maximum atomic E-state index is 6.59. The maximum Gasteiger partial charge on any atom is 0.161 e. The van der Waals surface area contributed by atoms with E-state index in [-0.39, 0.29) is 6.04 Å². The van der Waals surface area contributed by atoms with E-state index in [0.29, 0.717) is 11.3 Å². The lowest BCUT2D eigenvalue weighted by atomic mass is 9.77. The van der Waals surface area contributed by atoms with Crippen LogP contribution in [0.15, 0.2) is 6.20 Å². The molecule has 0 saturated heterocycles. The van der Waals surface area contributed by atoms with Crippen LogP contribution in [0.1, 0.15) is 58.2 Å². The highest BCUT2D eigenvalue weighted by Crippen LogP contribution is 2.48. The van der Waals surface area contributed by atoms with Crippen LogP contribution in [-0.4, -0.2) is 16.9 Å². The summed E-state index contributed by atoms with van der Waals surface area (Å²) in [6, 6.07) is 0.0153. The Balaban J connectivity index is 2.31. The number of aryl methyl sites for hydroxylation is 1. The van der Waals surface area contributed by atoms with E-state index < -0.39 is 0 Å². The van der Waals surface area contributed by atoms with Crippen LogP contribution < -0.4 is 10.5 Å². The fourth-order valence-corrected chi connectivity index (χ4v) is 3.47. The standard InChI is InChI=1S/C15H27N3O/c1-5-9-18-14(12(19-4)10-17-18)13(16)11-7-6-8-15(11,2)3/h10-11,13H,5-9,16H2,1-4H3. The Kier molecular flexibility index (Phi) is 4.19. The number of methoxy groups -OCH3 is 1. The van der Waals surface area contributed by atoms with Crippen molar-refractivity contribution in [2.45, 2.75) is 59.0 Å². The van der Waals surface area contributed by atoms with Gasteiger partial charge in [0.1, 0.15) is 0 Å². The Labute approximate surface area is 116 Å². The highest BCUT2D eigenvalue weighted by Gasteiger charge is 2.40. The van der Waals surface area contributed by atoms with E-state index in [1.807, 2.05) is 4.68 Å². The second-order valence-electron chi connectivity index (χ2n) is 6.33. The molecule has 19 heavy (non-hydrogen) atoms. The van der Waals surface area contributed by atoms with Crippen molar-refractivity contribution in [3.8, 4) is 5.75 Å². The number of aromatic nitrogens is 2. The van der Waals surface area contributed by atoms with E-state index in [2.05, 4.69) is 25.9 Å². The first kappa shape index (κ1) is 14.4. The molecule has 4 heteroatoms. The van der Waals surface area contributed by atoms with Gasteiger partial charge in [0.15, 0.2) is 5.75 Å². The van der Waals surface area contributed by atoms with Crippen molar-refractivity contribution in [2.24, 2.45) is 17.1 Å². The van der Waals surface area contributed by atoms with Gasteiger partial charge in [0, 0.05) is 6.54 Å². The predicted molar refractivity (Wildman–Crippen MR) is 77.1 cm³/mol. The van der Waals surface area contributed by atoms with Crippen LogP contribution in [0.25, 0.3) is 0 Å². The SMILES string of the molecule is CCCn1ncc(OC)c1C(N)C1CCCC1(C)C. The molecule has 1 saturated carbocycles. The van der Waals surface area contributed by atoms with E-state index in [1.54, 1.807) is 13.3 Å². The maximum absolute atomic E-state index is 6.59. The zero-order valence-corrected chi connectivity index (χ0v) is 12.6. The fraction of sp³-hybridized carbons (Fsp3) is 0.800. The van der Waals surface area contributed by atoms with Gasteiger partial charge in [-0.2, -0.15) is 5.10 Å². The zero-order chi connectivity index (χ0) is 14.0. The van der Waals surface area contributed by atoms with E-state index in [4.69, 9.17) is 10.5 Å². The first-order valence-electron chi connectivity index (χ1n) is 7.36. The van der Waals surface area contributed by atoms with Gasteiger partial charge in [0.25, 0.3) is 0 Å². The van der Waals surface area contributed by atoms with Crippen molar-refractivity contribution < 1.29 is 4.74 Å². The van der Waals surface area contributed by atoms with E-state index in [0.717, 1.165) is 24.4 Å². The van der Waals surface area contributed by atoms with Crippen LogP contribution in [0.5, 0.6) is 5.75 Å². The Morgan fingerprint density at radius 2 is 2.32 bits per heavy atom. The van der Waals surface area contributed by atoms with Crippen molar-refractivity contribution in [1.29, 1.82) is 0 Å². The summed E-state index contributed by atoms with van der Waals surface area (Å²) in [7, 11) is 1.70. The van der Waals surface area contributed by atoms with E-state index >= 15 is 0 Å². The molecule has 2 rings (SSSR count). The molecule has 108 valence electrons. The summed E-state index contributed by atoms with van der Waals surface area (Å²) in [6.45, 7) is 7.72.